The summed E-state index contributed by atoms with van der Waals surface area (Å²) in [5, 5.41) is 11.6. The summed E-state index contributed by atoms with van der Waals surface area (Å²) in [6.45, 7) is 6.59. The van der Waals surface area contributed by atoms with Gasteiger partial charge in [-0.25, -0.2) is 5.10 Å². The van der Waals surface area contributed by atoms with Crippen molar-refractivity contribution in [2.24, 2.45) is 5.10 Å². The Kier molecular flexibility index (Phi) is 5.28. The van der Waals surface area contributed by atoms with Crippen molar-refractivity contribution in [1.82, 2.24) is 14.9 Å². The highest BCUT2D eigenvalue weighted by molar-refractivity contribution is 7.71. The van der Waals surface area contributed by atoms with Gasteiger partial charge in [-0.15, -0.1) is 0 Å². The van der Waals surface area contributed by atoms with E-state index in [-0.39, 0.29) is 5.41 Å². The van der Waals surface area contributed by atoms with Crippen LogP contribution in [0.5, 0.6) is 0 Å². The van der Waals surface area contributed by atoms with Crippen molar-refractivity contribution in [3.8, 4) is 11.4 Å². The number of nitrogens with one attached hydrogen (secondary N) is 1. The molecule has 3 rings (SSSR count). The Morgan fingerprint density at radius 2 is 1.73 bits per heavy atom. The monoisotopic (exact) mass is 362 g/mol. The molecule has 0 radical (unpaired) electrons. The minimum Gasteiger partial charge on any atom is -0.250 e. The molecule has 0 bridgehead atoms. The zero-order valence-corrected chi connectivity index (χ0v) is 16.0. The highest BCUT2D eigenvalue weighted by Crippen LogP contribution is 2.25. The molecule has 4 nitrogen and oxygen atoms in total. The van der Waals surface area contributed by atoms with E-state index in [1.807, 2.05) is 42.5 Å². The van der Waals surface area contributed by atoms with Gasteiger partial charge in [0, 0.05) is 11.8 Å². The fourth-order valence-corrected chi connectivity index (χ4v) is 2.71. The van der Waals surface area contributed by atoms with Crippen LogP contribution >= 0.6 is 12.2 Å². The Morgan fingerprint density at radius 3 is 2.38 bits per heavy atom. The van der Waals surface area contributed by atoms with Gasteiger partial charge in [-0.1, -0.05) is 81.4 Å². The van der Waals surface area contributed by atoms with Gasteiger partial charge in [0.15, 0.2) is 5.82 Å². The number of hydrogen-bond acceptors (Lipinski definition) is 3. The van der Waals surface area contributed by atoms with Gasteiger partial charge >= 0.3 is 0 Å². The minimum absolute atomic E-state index is 0.115. The molecule has 1 aromatic heterocycles. The first-order chi connectivity index (χ1) is 12.4. The van der Waals surface area contributed by atoms with E-state index in [1.54, 1.807) is 10.9 Å². The Balaban J connectivity index is 1.84. The van der Waals surface area contributed by atoms with E-state index in [2.05, 4.69) is 60.3 Å². The van der Waals surface area contributed by atoms with Gasteiger partial charge in [-0.2, -0.15) is 14.9 Å². The molecule has 3 aromatic rings. The number of rotatable bonds is 4. The summed E-state index contributed by atoms with van der Waals surface area (Å²) in [4.78, 5) is 0. The lowest BCUT2D eigenvalue weighted by Gasteiger charge is -2.18. The number of aromatic amines is 1. The maximum atomic E-state index is 5.31. The molecule has 0 atom stereocenters. The van der Waals surface area contributed by atoms with Crippen LogP contribution in [0.3, 0.4) is 0 Å². The van der Waals surface area contributed by atoms with Crippen molar-refractivity contribution < 1.29 is 0 Å². The van der Waals surface area contributed by atoms with Crippen molar-refractivity contribution in [1.29, 1.82) is 0 Å². The summed E-state index contributed by atoms with van der Waals surface area (Å²) in [5.74, 6) is 0.694. The smallest absolute Gasteiger partial charge is 0.216 e. The number of H-pyrrole nitrogens is 1. The molecule has 0 unspecified atom stereocenters. The zero-order chi connectivity index (χ0) is 18.6. The molecule has 0 spiro atoms. The maximum absolute atomic E-state index is 5.31. The standard InChI is InChI=1S/C21H22N4S/c1-21(2,3)18-13-11-17(12-14-18)19-23-24-20(26)25(19)22-15-7-10-16-8-5-4-6-9-16/h4-15H,1-3H3,(H,24,26)/b10-7+,22-15?. The van der Waals surface area contributed by atoms with Crippen LogP contribution in [0.2, 0.25) is 0 Å². The third kappa shape index (κ3) is 4.24. The highest BCUT2D eigenvalue weighted by atomic mass is 32.1. The summed E-state index contributed by atoms with van der Waals surface area (Å²) in [6, 6.07) is 18.4. The number of nitrogens with zero attached hydrogens (tertiary/aromatic N) is 3. The lowest BCUT2D eigenvalue weighted by molar-refractivity contribution is 0.590. The quantitative estimate of drug-likeness (QED) is 0.495. The topological polar surface area (TPSA) is 46.0 Å². The first-order valence-corrected chi connectivity index (χ1v) is 8.90. The van der Waals surface area contributed by atoms with Gasteiger partial charge in [0.25, 0.3) is 0 Å². The molecule has 0 saturated heterocycles. The van der Waals surface area contributed by atoms with E-state index in [4.69, 9.17) is 12.2 Å². The van der Waals surface area contributed by atoms with Crippen molar-refractivity contribution in [3.63, 3.8) is 0 Å². The molecule has 132 valence electrons. The number of allylic oxidation sites excluding steroid dienone is 1. The van der Waals surface area contributed by atoms with Crippen LogP contribution in [0.15, 0.2) is 65.8 Å². The molecule has 26 heavy (non-hydrogen) atoms. The predicted octanol–water partition coefficient (Wildman–Crippen LogP) is 5.45. The number of aromatic nitrogens is 3. The average molecular weight is 363 g/mol. The van der Waals surface area contributed by atoms with Crippen LogP contribution in [0.25, 0.3) is 17.5 Å². The fourth-order valence-electron chi connectivity index (χ4n) is 2.53. The minimum atomic E-state index is 0.115. The Bertz CT molecular complexity index is 971. The van der Waals surface area contributed by atoms with Gasteiger partial charge in [-0.3, -0.25) is 0 Å². The second-order valence-corrected chi connectivity index (χ2v) is 7.41. The molecule has 1 N–H and O–H groups in total. The Hall–Kier alpha value is -2.79. The molecular weight excluding hydrogens is 340 g/mol. The first-order valence-electron chi connectivity index (χ1n) is 8.49. The Morgan fingerprint density at radius 1 is 1.04 bits per heavy atom. The van der Waals surface area contributed by atoms with E-state index in [1.165, 1.54) is 5.56 Å². The summed E-state index contributed by atoms with van der Waals surface area (Å²) in [5.41, 5.74) is 3.47. The molecule has 0 aliphatic carbocycles. The van der Waals surface area contributed by atoms with Gasteiger partial charge in [0.2, 0.25) is 4.77 Å². The second kappa shape index (κ2) is 7.62. The van der Waals surface area contributed by atoms with Crippen molar-refractivity contribution >= 4 is 24.5 Å². The fraction of sp³-hybridized carbons (Fsp3) is 0.190. The Labute approximate surface area is 158 Å². The largest absolute Gasteiger partial charge is 0.250 e. The molecule has 2 aromatic carbocycles. The third-order valence-electron chi connectivity index (χ3n) is 4.02. The third-order valence-corrected chi connectivity index (χ3v) is 4.28. The van der Waals surface area contributed by atoms with Crippen LogP contribution < -0.4 is 0 Å². The van der Waals surface area contributed by atoms with E-state index in [9.17, 15) is 0 Å². The second-order valence-electron chi connectivity index (χ2n) is 7.03. The van der Waals surface area contributed by atoms with Gasteiger partial charge in [-0.05, 0) is 34.8 Å². The zero-order valence-electron chi connectivity index (χ0n) is 15.2. The van der Waals surface area contributed by atoms with E-state index in [0.29, 0.717) is 10.6 Å². The molecule has 0 aliphatic heterocycles. The average Bonchev–Trinajstić information content (AvgIpc) is 3.00. The summed E-state index contributed by atoms with van der Waals surface area (Å²) in [7, 11) is 0. The van der Waals surface area contributed by atoms with Gasteiger partial charge in [0.05, 0.1) is 0 Å². The molecule has 0 saturated carbocycles. The van der Waals surface area contributed by atoms with Gasteiger partial charge < -0.3 is 0 Å². The van der Waals surface area contributed by atoms with Crippen LogP contribution in [-0.4, -0.2) is 21.1 Å². The SMILES string of the molecule is CC(C)(C)c1ccc(-c2n[nH]c(=S)n2N=C/C=C/c2ccccc2)cc1. The van der Waals surface area contributed by atoms with Crippen molar-refractivity contribution in [3.05, 3.63) is 76.6 Å². The predicted molar refractivity (Wildman–Crippen MR) is 111 cm³/mol. The van der Waals surface area contributed by atoms with E-state index in [0.717, 1.165) is 11.1 Å². The van der Waals surface area contributed by atoms with E-state index >= 15 is 0 Å². The summed E-state index contributed by atoms with van der Waals surface area (Å²) in [6.07, 6.45) is 5.59. The van der Waals surface area contributed by atoms with Crippen molar-refractivity contribution in [2.45, 2.75) is 26.2 Å². The lowest BCUT2D eigenvalue weighted by atomic mass is 9.87. The molecule has 0 amide bonds. The van der Waals surface area contributed by atoms with Gasteiger partial charge in [0.1, 0.15) is 0 Å². The van der Waals surface area contributed by atoms with Crippen LogP contribution in [0.4, 0.5) is 0 Å². The molecule has 1 heterocycles. The van der Waals surface area contributed by atoms with Crippen LogP contribution in [0.1, 0.15) is 31.9 Å². The highest BCUT2D eigenvalue weighted by Gasteiger charge is 2.14. The number of benzene rings is 2. The van der Waals surface area contributed by atoms with Crippen molar-refractivity contribution in [2.75, 3.05) is 0 Å². The lowest BCUT2D eigenvalue weighted by Crippen LogP contribution is -2.10. The summed E-state index contributed by atoms with van der Waals surface area (Å²) < 4.78 is 2.10. The summed E-state index contributed by atoms with van der Waals surface area (Å²) >= 11 is 5.31. The number of hydrogen-bond donors (Lipinski definition) is 1. The molecular formula is C21H22N4S. The maximum Gasteiger partial charge on any atom is 0.216 e. The molecule has 0 fully saturated rings. The normalized spacial score (nSPS) is 12.3. The van der Waals surface area contributed by atoms with Crippen LogP contribution in [-0.2, 0) is 5.41 Å². The van der Waals surface area contributed by atoms with Crippen LogP contribution in [0, 0.1) is 4.77 Å². The first kappa shape index (κ1) is 18.0. The van der Waals surface area contributed by atoms with E-state index < -0.39 is 0 Å². The molecule has 5 heteroatoms. The molecule has 0 aliphatic rings.